The maximum absolute atomic E-state index is 9.56. The molecular formula is C19H30O2. The van der Waals surface area contributed by atoms with E-state index in [0.29, 0.717) is 5.92 Å². The maximum atomic E-state index is 9.56. The van der Waals surface area contributed by atoms with Crippen molar-refractivity contribution in [2.24, 2.45) is 5.92 Å². The quantitative estimate of drug-likeness (QED) is 0.861. The van der Waals surface area contributed by atoms with Crippen molar-refractivity contribution in [1.29, 1.82) is 0 Å². The molecule has 2 aliphatic rings. The van der Waals surface area contributed by atoms with Crippen LogP contribution in [0.4, 0.5) is 0 Å². The summed E-state index contributed by atoms with van der Waals surface area (Å²) in [5, 5.41) is 18.5. The van der Waals surface area contributed by atoms with Crippen LogP contribution in [0, 0.1) is 5.92 Å². The van der Waals surface area contributed by atoms with Gasteiger partial charge in [0.1, 0.15) is 0 Å². The van der Waals surface area contributed by atoms with E-state index in [2.05, 4.69) is 30.3 Å². The third-order valence-corrected chi connectivity index (χ3v) is 4.70. The molecule has 2 fully saturated rings. The maximum Gasteiger partial charge on any atom is 0.0543 e. The molecule has 2 unspecified atom stereocenters. The molecule has 3 rings (SSSR count). The summed E-state index contributed by atoms with van der Waals surface area (Å²) in [5.41, 5.74) is 1.41. The highest BCUT2D eigenvalue weighted by Gasteiger charge is 2.19. The Hall–Kier alpha value is -0.860. The second-order valence-electron chi connectivity index (χ2n) is 6.67. The predicted octanol–water partition coefficient (Wildman–Crippen LogP) is 4.09. The van der Waals surface area contributed by atoms with Gasteiger partial charge in [-0.3, -0.25) is 0 Å². The average Bonchev–Trinajstić information content (AvgIpc) is 2.50. The molecule has 1 aromatic carbocycles. The van der Waals surface area contributed by atoms with E-state index in [0.717, 1.165) is 32.1 Å². The van der Waals surface area contributed by atoms with Crippen LogP contribution in [-0.4, -0.2) is 22.4 Å². The van der Waals surface area contributed by atoms with E-state index in [1.54, 1.807) is 0 Å². The van der Waals surface area contributed by atoms with E-state index >= 15 is 0 Å². The summed E-state index contributed by atoms with van der Waals surface area (Å²) < 4.78 is 0. The smallest absolute Gasteiger partial charge is 0.0543 e. The number of aliphatic hydroxyl groups is 2. The molecule has 0 aliphatic heterocycles. The van der Waals surface area contributed by atoms with Crippen LogP contribution in [0.3, 0.4) is 0 Å². The Morgan fingerprint density at radius 2 is 1.43 bits per heavy atom. The van der Waals surface area contributed by atoms with E-state index in [9.17, 15) is 5.11 Å². The standard InChI is InChI=1S/C13H18O.C6H12O/c14-13-8-4-7-12(10-13)9-11-5-2-1-3-6-11;7-6-4-2-1-3-5-6/h1-3,5-6,12-14H,4,7-10H2;6-7H,1-5H2. The van der Waals surface area contributed by atoms with Gasteiger partial charge in [0.25, 0.3) is 0 Å². The van der Waals surface area contributed by atoms with Crippen LogP contribution in [0.1, 0.15) is 63.4 Å². The van der Waals surface area contributed by atoms with Gasteiger partial charge in [-0.05, 0) is 50.0 Å². The third kappa shape index (κ3) is 6.62. The van der Waals surface area contributed by atoms with Crippen LogP contribution in [0.2, 0.25) is 0 Å². The Balaban J connectivity index is 0.000000194. The average molecular weight is 290 g/mol. The van der Waals surface area contributed by atoms with Crippen LogP contribution in [0.15, 0.2) is 30.3 Å². The lowest BCUT2D eigenvalue weighted by Crippen LogP contribution is -2.20. The molecular weight excluding hydrogens is 260 g/mol. The first-order chi connectivity index (χ1) is 10.2. The molecule has 0 spiro atoms. The summed E-state index contributed by atoms with van der Waals surface area (Å²) in [6, 6.07) is 10.6. The summed E-state index contributed by atoms with van der Waals surface area (Å²) in [6.07, 6.45) is 11.5. The zero-order valence-corrected chi connectivity index (χ0v) is 13.1. The van der Waals surface area contributed by atoms with Crippen molar-refractivity contribution >= 4 is 0 Å². The highest BCUT2D eigenvalue weighted by molar-refractivity contribution is 5.15. The number of rotatable bonds is 2. The van der Waals surface area contributed by atoms with Gasteiger partial charge in [0.05, 0.1) is 12.2 Å². The molecule has 0 radical (unpaired) electrons. The molecule has 2 saturated carbocycles. The fraction of sp³-hybridized carbons (Fsp3) is 0.684. The molecule has 2 nitrogen and oxygen atoms in total. The van der Waals surface area contributed by atoms with Gasteiger partial charge < -0.3 is 10.2 Å². The van der Waals surface area contributed by atoms with Crippen molar-refractivity contribution in [3.63, 3.8) is 0 Å². The normalized spacial score (nSPS) is 26.8. The predicted molar refractivity (Wildman–Crippen MR) is 87.2 cm³/mol. The van der Waals surface area contributed by atoms with Gasteiger partial charge in [-0.2, -0.15) is 0 Å². The molecule has 2 atom stereocenters. The van der Waals surface area contributed by atoms with E-state index in [1.807, 2.05) is 0 Å². The summed E-state index contributed by atoms with van der Waals surface area (Å²) in [7, 11) is 0. The van der Waals surface area contributed by atoms with Crippen LogP contribution in [0.5, 0.6) is 0 Å². The largest absolute Gasteiger partial charge is 0.393 e. The van der Waals surface area contributed by atoms with E-state index in [-0.39, 0.29) is 12.2 Å². The van der Waals surface area contributed by atoms with Crippen molar-refractivity contribution in [3.05, 3.63) is 35.9 Å². The first-order valence-corrected chi connectivity index (χ1v) is 8.64. The monoisotopic (exact) mass is 290 g/mol. The van der Waals surface area contributed by atoms with Crippen molar-refractivity contribution in [2.45, 2.75) is 76.4 Å². The fourth-order valence-electron chi connectivity index (χ4n) is 3.48. The number of aliphatic hydroxyl groups excluding tert-OH is 2. The molecule has 0 bridgehead atoms. The number of hydrogen-bond donors (Lipinski definition) is 2. The molecule has 0 amide bonds. The minimum Gasteiger partial charge on any atom is -0.393 e. The molecule has 2 N–H and O–H groups in total. The Labute approximate surface area is 129 Å². The highest BCUT2D eigenvalue weighted by atomic mass is 16.3. The highest BCUT2D eigenvalue weighted by Crippen LogP contribution is 2.27. The zero-order chi connectivity index (χ0) is 14.9. The molecule has 0 heterocycles. The van der Waals surface area contributed by atoms with E-state index in [4.69, 9.17) is 5.11 Å². The lowest BCUT2D eigenvalue weighted by Gasteiger charge is -2.25. The number of benzene rings is 1. The van der Waals surface area contributed by atoms with Gasteiger partial charge in [-0.1, -0.05) is 56.0 Å². The van der Waals surface area contributed by atoms with E-state index in [1.165, 1.54) is 37.7 Å². The topological polar surface area (TPSA) is 40.5 Å². The second-order valence-corrected chi connectivity index (χ2v) is 6.67. The minimum atomic E-state index is -0.0440. The minimum absolute atomic E-state index is 0.0359. The van der Waals surface area contributed by atoms with Crippen LogP contribution >= 0.6 is 0 Å². The van der Waals surface area contributed by atoms with Gasteiger partial charge in [0.15, 0.2) is 0 Å². The molecule has 2 heteroatoms. The summed E-state index contributed by atoms with van der Waals surface area (Å²) in [5.74, 6) is 0.696. The Morgan fingerprint density at radius 1 is 0.762 bits per heavy atom. The van der Waals surface area contributed by atoms with Crippen molar-refractivity contribution in [1.82, 2.24) is 0 Å². The first-order valence-electron chi connectivity index (χ1n) is 8.64. The molecule has 118 valence electrons. The van der Waals surface area contributed by atoms with E-state index < -0.39 is 0 Å². The fourth-order valence-corrected chi connectivity index (χ4v) is 3.48. The molecule has 0 saturated heterocycles. The lowest BCUT2D eigenvalue weighted by molar-refractivity contribution is 0.101. The van der Waals surface area contributed by atoms with Gasteiger partial charge in [-0.15, -0.1) is 0 Å². The Morgan fingerprint density at radius 3 is 2.00 bits per heavy atom. The Bertz CT molecular complexity index is 370. The van der Waals surface area contributed by atoms with Gasteiger partial charge >= 0.3 is 0 Å². The second kappa shape index (κ2) is 9.22. The SMILES string of the molecule is OC1CCCC(Cc2ccccc2)C1.OC1CCCCC1. The Kier molecular flexibility index (Phi) is 7.25. The first kappa shape index (κ1) is 16.5. The van der Waals surface area contributed by atoms with Crippen molar-refractivity contribution < 1.29 is 10.2 Å². The number of hydrogen-bond acceptors (Lipinski definition) is 2. The van der Waals surface area contributed by atoms with Gasteiger partial charge in [0.2, 0.25) is 0 Å². The molecule has 1 aromatic rings. The summed E-state index contributed by atoms with van der Waals surface area (Å²) in [6.45, 7) is 0. The zero-order valence-electron chi connectivity index (χ0n) is 13.1. The van der Waals surface area contributed by atoms with Crippen molar-refractivity contribution in [2.75, 3.05) is 0 Å². The van der Waals surface area contributed by atoms with Gasteiger partial charge in [0, 0.05) is 0 Å². The van der Waals surface area contributed by atoms with Crippen molar-refractivity contribution in [3.8, 4) is 0 Å². The lowest BCUT2D eigenvalue weighted by atomic mass is 9.83. The molecule has 21 heavy (non-hydrogen) atoms. The molecule has 2 aliphatic carbocycles. The van der Waals surface area contributed by atoms with Crippen LogP contribution in [0.25, 0.3) is 0 Å². The third-order valence-electron chi connectivity index (χ3n) is 4.70. The molecule has 0 aromatic heterocycles. The summed E-state index contributed by atoms with van der Waals surface area (Å²) in [4.78, 5) is 0. The van der Waals surface area contributed by atoms with Gasteiger partial charge in [-0.25, -0.2) is 0 Å². The summed E-state index contributed by atoms with van der Waals surface area (Å²) >= 11 is 0. The van der Waals surface area contributed by atoms with Crippen LogP contribution in [-0.2, 0) is 6.42 Å². The van der Waals surface area contributed by atoms with Crippen LogP contribution < -0.4 is 0 Å².